The summed E-state index contributed by atoms with van der Waals surface area (Å²) in [6.07, 6.45) is 5.33. The van der Waals surface area contributed by atoms with Gasteiger partial charge >= 0.3 is 6.03 Å². The maximum Gasteiger partial charge on any atom is 0.323 e. The van der Waals surface area contributed by atoms with Crippen molar-refractivity contribution in [2.75, 3.05) is 17.2 Å². The number of allylic oxidation sites excluding steroid dienone is 1. The standard InChI is InChI=1S/C22H25BrN2O2/c1-4-15(3)18-6-5-11-27-21-19(18)12-16(23)13-20(21)25-22(26)24-17-9-7-14(2)8-10-17/h5-10,12-13,15,18H,4,11H2,1-3H3,(H2,24,25,26). The largest absolute Gasteiger partial charge is 0.487 e. The zero-order chi connectivity index (χ0) is 19.4. The normalized spacial score (nSPS) is 16.7. The number of carbonyl (C=O) groups excluding carboxylic acids is 1. The molecule has 2 atom stereocenters. The molecule has 0 saturated carbocycles. The van der Waals surface area contributed by atoms with Crippen LogP contribution in [0.1, 0.15) is 37.3 Å². The van der Waals surface area contributed by atoms with Gasteiger partial charge in [0.05, 0.1) is 5.69 Å². The van der Waals surface area contributed by atoms with Crippen LogP contribution in [-0.4, -0.2) is 12.6 Å². The molecule has 2 unspecified atom stereocenters. The van der Waals surface area contributed by atoms with Crippen LogP contribution in [-0.2, 0) is 0 Å². The van der Waals surface area contributed by atoms with E-state index < -0.39 is 0 Å². The Balaban J connectivity index is 1.87. The second-order valence-corrected chi connectivity index (χ2v) is 7.88. The summed E-state index contributed by atoms with van der Waals surface area (Å²) in [4.78, 5) is 12.5. The number of urea groups is 1. The number of anilines is 2. The number of fused-ring (bicyclic) bond motifs is 1. The molecule has 2 aromatic rings. The van der Waals surface area contributed by atoms with Crippen molar-refractivity contribution in [3.8, 4) is 5.75 Å². The smallest absolute Gasteiger partial charge is 0.323 e. The van der Waals surface area contributed by atoms with E-state index in [0.717, 1.165) is 33.5 Å². The van der Waals surface area contributed by atoms with Crippen molar-refractivity contribution < 1.29 is 9.53 Å². The molecule has 0 aliphatic carbocycles. The second-order valence-electron chi connectivity index (χ2n) is 6.97. The molecule has 0 spiro atoms. The number of nitrogens with one attached hydrogen (secondary N) is 2. The number of halogens is 1. The molecule has 0 fully saturated rings. The first-order valence-electron chi connectivity index (χ1n) is 9.25. The van der Waals surface area contributed by atoms with Gasteiger partial charge in [-0.15, -0.1) is 0 Å². The molecule has 1 heterocycles. The number of ether oxygens (including phenoxy) is 1. The monoisotopic (exact) mass is 428 g/mol. The van der Waals surface area contributed by atoms with Gasteiger partial charge in [0.15, 0.2) is 0 Å². The summed E-state index contributed by atoms with van der Waals surface area (Å²) in [5, 5.41) is 5.81. The van der Waals surface area contributed by atoms with Crippen LogP contribution in [0.5, 0.6) is 5.75 Å². The van der Waals surface area contributed by atoms with Gasteiger partial charge in [-0.3, -0.25) is 0 Å². The Labute approximate surface area is 169 Å². The van der Waals surface area contributed by atoms with Crippen LogP contribution in [0.4, 0.5) is 16.2 Å². The second kappa shape index (κ2) is 8.61. The molecule has 1 aliphatic heterocycles. The van der Waals surface area contributed by atoms with E-state index in [0.29, 0.717) is 18.2 Å². The van der Waals surface area contributed by atoms with Crippen LogP contribution in [0.2, 0.25) is 0 Å². The van der Waals surface area contributed by atoms with Crippen LogP contribution in [0.3, 0.4) is 0 Å². The van der Waals surface area contributed by atoms with Crippen LogP contribution in [0.15, 0.2) is 53.0 Å². The molecular weight excluding hydrogens is 404 g/mol. The molecule has 2 aromatic carbocycles. The van der Waals surface area contributed by atoms with Gasteiger partial charge in [0.2, 0.25) is 0 Å². The third kappa shape index (κ3) is 4.72. The van der Waals surface area contributed by atoms with Crippen molar-refractivity contribution >= 4 is 33.3 Å². The third-order valence-corrected chi connectivity index (χ3v) is 5.38. The molecule has 0 bridgehead atoms. The molecule has 27 heavy (non-hydrogen) atoms. The highest BCUT2D eigenvalue weighted by Crippen LogP contribution is 2.42. The zero-order valence-electron chi connectivity index (χ0n) is 15.9. The minimum atomic E-state index is -0.292. The Morgan fingerprint density at radius 3 is 2.70 bits per heavy atom. The van der Waals surface area contributed by atoms with Gasteiger partial charge in [-0.1, -0.05) is 66.0 Å². The molecule has 4 nitrogen and oxygen atoms in total. The topological polar surface area (TPSA) is 50.4 Å². The summed E-state index contributed by atoms with van der Waals surface area (Å²) in [7, 11) is 0. The number of aryl methyl sites for hydroxylation is 1. The molecule has 2 amide bonds. The van der Waals surface area contributed by atoms with Gasteiger partial charge < -0.3 is 15.4 Å². The summed E-state index contributed by atoms with van der Waals surface area (Å²) >= 11 is 3.58. The van der Waals surface area contributed by atoms with Gasteiger partial charge in [0.25, 0.3) is 0 Å². The zero-order valence-corrected chi connectivity index (χ0v) is 17.5. The summed E-state index contributed by atoms with van der Waals surface area (Å²) in [6.45, 7) is 6.94. The molecule has 3 rings (SSSR count). The Hall–Kier alpha value is -2.27. The Morgan fingerprint density at radius 1 is 1.26 bits per heavy atom. The van der Waals surface area contributed by atoms with E-state index in [1.165, 1.54) is 0 Å². The molecule has 0 aromatic heterocycles. The van der Waals surface area contributed by atoms with E-state index >= 15 is 0 Å². The average Bonchev–Trinajstić information content (AvgIpc) is 2.85. The molecule has 5 heteroatoms. The SMILES string of the molecule is CCC(C)C1C=CCOc2c(NC(=O)Nc3ccc(C)cc3)cc(Br)cc21. The Morgan fingerprint density at radius 2 is 2.00 bits per heavy atom. The highest BCUT2D eigenvalue weighted by Gasteiger charge is 2.24. The van der Waals surface area contributed by atoms with Gasteiger partial charge in [-0.25, -0.2) is 4.79 Å². The van der Waals surface area contributed by atoms with Crippen LogP contribution in [0.25, 0.3) is 0 Å². The first kappa shape index (κ1) is 19.5. The summed E-state index contributed by atoms with van der Waals surface area (Å²) in [6, 6.07) is 11.4. The van der Waals surface area contributed by atoms with Crippen LogP contribution >= 0.6 is 15.9 Å². The van der Waals surface area contributed by atoms with Gasteiger partial charge in [-0.2, -0.15) is 0 Å². The van der Waals surface area contributed by atoms with Gasteiger partial charge in [-0.05, 0) is 37.1 Å². The molecule has 1 aliphatic rings. The molecule has 0 radical (unpaired) electrons. The summed E-state index contributed by atoms with van der Waals surface area (Å²) in [5.41, 5.74) is 3.66. The minimum absolute atomic E-state index is 0.255. The van der Waals surface area contributed by atoms with Crippen molar-refractivity contribution in [2.45, 2.75) is 33.1 Å². The number of amides is 2. The third-order valence-electron chi connectivity index (χ3n) is 4.92. The highest BCUT2D eigenvalue weighted by atomic mass is 79.9. The summed E-state index contributed by atoms with van der Waals surface area (Å²) < 4.78 is 6.89. The van der Waals surface area contributed by atoms with Crippen LogP contribution < -0.4 is 15.4 Å². The van der Waals surface area contributed by atoms with Crippen molar-refractivity contribution in [3.05, 3.63) is 64.1 Å². The Kier molecular flexibility index (Phi) is 6.22. The fraction of sp³-hybridized carbons (Fsp3) is 0.318. The lowest BCUT2D eigenvalue weighted by Crippen LogP contribution is -2.20. The molecule has 142 valence electrons. The van der Waals surface area contributed by atoms with E-state index in [-0.39, 0.29) is 11.9 Å². The molecular formula is C22H25BrN2O2. The lowest BCUT2D eigenvalue weighted by atomic mass is 9.85. The predicted octanol–water partition coefficient (Wildman–Crippen LogP) is 6.48. The van der Waals surface area contributed by atoms with E-state index in [1.807, 2.05) is 37.3 Å². The number of rotatable bonds is 4. The molecule has 2 N–H and O–H groups in total. The number of carbonyl (C=O) groups is 1. The molecule has 0 saturated heterocycles. The van der Waals surface area contributed by atoms with Gasteiger partial charge in [0, 0.05) is 21.6 Å². The number of benzene rings is 2. The van der Waals surface area contributed by atoms with E-state index in [2.05, 4.69) is 58.6 Å². The number of hydrogen-bond donors (Lipinski definition) is 2. The van der Waals surface area contributed by atoms with Crippen molar-refractivity contribution in [3.63, 3.8) is 0 Å². The van der Waals surface area contributed by atoms with Crippen molar-refractivity contribution in [1.29, 1.82) is 0 Å². The number of hydrogen-bond acceptors (Lipinski definition) is 2. The average molecular weight is 429 g/mol. The highest BCUT2D eigenvalue weighted by molar-refractivity contribution is 9.10. The minimum Gasteiger partial charge on any atom is -0.487 e. The summed E-state index contributed by atoms with van der Waals surface area (Å²) in [5.74, 6) is 1.48. The fourth-order valence-electron chi connectivity index (χ4n) is 3.23. The van der Waals surface area contributed by atoms with Crippen molar-refractivity contribution in [1.82, 2.24) is 0 Å². The first-order chi connectivity index (χ1) is 13.0. The van der Waals surface area contributed by atoms with Crippen LogP contribution in [0, 0.1) is 12.8 Å². The van der Waals surface area contributed by atoms with E-state index in [1.54, 1.807) is 0 Å². The maximum atomic E-state index is 12.5. The fourth-order valence-corrected chi connectivity index (χ4v) is 3.70. The Bertz CT molecular complexity index is 846. The quantitative estimate of drug-likeness (QED) is 0.547. The van der Waals surface area contributed by atoms with Gasteiger partial charge in [0.1, 0.15) is 12.4 Å². The lowest BCUT2D eigenvalue weighted by molar-refractivity contribution is 0.262. The van der Waals surface area contributed by atoms with Crippen molar-refractivity contribution in [2.24, 2.45) is 5.92 Å². The maximum absolute atomic E-state index is 12.5. The lowest BCUT2D eigenvalue weighted by Gasteiger charge is -2.23. The predicted molar refractivity (Wildman–Crippen MR) is 115 cm³/mol. The van der Waals surface area contributed by atoms with E-state index in [4.69, 9.17) is 4.74 Å². The first-order valence-corrected chi connectivity index (χ1v) is 10.0. The van der Waals surface area contributed by atoms with E-state index in [9.17, 15) is 4.79 Å².